The highest BCUT2D eigenvalue weighted by Crippen LogP contribution is 2.07. The lowest BCUT2D eigenvalue weighted by molar-refractivity contribution is 0.100. The van der Waals surface area contributed by atoms with Crippen LogP contribution in [0.3, 0.4) is 0 Å². The van der Waals surface area contributed by atoms with Crippen LogP contribution >= 0.6 is 0 Å². The molecule has 0 bridgehead atoms. The van der Waals surface area contributed by atoms with Gasteiger partial charge in [0.05, 0.1) is 7.11 Å². The average molecular weight is 166 g/mol. The van der Waals surface area contributed by atoms with Crippen LogP contribution in [0.5, 0.6) is 5.88 Å². The van der Waals surface area contributed by atoms with Crippen molar-refractivity contribution in [3.63, 3.8) is 0 Å². The number of aryl methyl sites for hydroxylation is 1. The van der Waals surface area contributed by atoms with Gasteiger partial charge in [0, 0.05) is 18.7 Å². The van der Waals surface area contributed by atoms with E-state index in [1.807, 2.05) is 0 Å². The lowest BCUT2D eigenvalue weighted by Crippen LogP contribution is -2.03. The Balaban J connectivity index is 3.15. The van der Waals surface area contributed by atoms with E-state index in [1.54, 1.807) is 13.0 Å². The molecule has 0 aromatic carbocycles. The molecule has 1 rings (SSSR count). The van der Waals surface area contributed by atoms with Gasteiger partial charge >= 0.3 is 0 Å². The van der Waals surface area contributed by atoms with E-state index in [2.05, 4.69) is 9.97 Å². The number of Topliss-reactive ketones (excluding diaryl/α,β-unsaturated/α-hetero) is 1. The second kappa shape index (κ2) is 3.30. The summed E-state index contributed by atoms with van der Waals surface area (Å²) in [5, 5.41) is 0. The van der Waals surface area contributed by atoms with Crippen molar-refractivity contribution in [2.24, 2.45) is 0 Å². The van der Waals surface area contributed by atoms with Crippen LogP contribution in [0.1, 0.15) is 23.2 Å². The van der Waals surface area contributed by atoms with Gasteiger partial charge in [0.1, 0.15) is 0 Å². The fourth-order valence-corrected chi connectivity index (χ4v) is 0.802. The van der Waals surface area contributed by atoms with Gasteiger partial charge in [0.2, 0.25) is 5.88 Å². The maximum absolute atomic E-state index is 10.9. The Morgan fingerprint density at radius 1 is 1.50 bits per heavy atom. The highest BCUT2D eigenvalue weighted by Gasteiger charge is 2.05. The Morgan fingerprint density at radius 2 is 2.17 bits per heavy atom. The maximum atomic E-state index is 10.9. The van der Waals surface area contributed by atoms with Crippen LogP contribution in [0.4, 0.5) is 0 Å². The zero-order valence-electron chi connectivity index (χ0n) is 7.29. The normalized spacial score (nSPS) is 9.58. The van der Waals surface area contributed by atoms with Gasteiger partial charge in [-0.2, -0.15) is 4.98 Å². The Hall–Kier alpha value is -1.45. The summed E-state index contributed by atoms with van der Waals surface area (Å²) in [6.45, 7) is 3.21. The van der Waals surface area contributed by atoms with Gasteiger partial charge in [0.15, 0.2) is 11.6 Å². The summed E-state index contributed by atoms with van der Waals surface area (Å²) in [6, 6.07) is 1.67. The molecule has 0 aliphatic heterocycles. The second-order valence-electron chi connectivity index (χ2n) is 2.43. The van der Waals surface area contributed by atoms with Gasteiger partial charge in [-0.15, -0.1) is 0 Å². The largest absolute Gasteiger partial charge is 0.481 e. The van der Waals surface area contributed by atoms with E-state index < -0.39 is 0 Å². The number of ether oxygens (including phenoxy) is 1. The summed E-state index contributed by atoms with van der Waals surface area (Å²) >= 11 is 0. The summed E-state index contributed by atoms with van der Waals surface area (Å²) in [5.74, 6) is 0.469. The van der Waals surface area contributed by atoms with E-state index in [4.69, 9.17) is 4.74 Å². The van der Waals surface area contributed by atoms with E-state index >= 15 is 0 Å². The highest BCUT2D eigenvalue weighted by atomic mass is 16.5. The van der Waals surface area contributed by atoms with Gasteiger partial charge in [-0.25, -0.2) is 4.98 Å². The molecule has 0 fully saturated rings. The number of rotatable bonds is 2. The summed E-state index contributed by atoms with van der Waals surface area (Å²) < 4.78 is 4.88. The quantitative estimate of drug-likeness (QED) is 0.615. The van der Waals surface area contributed by atoms with Crippen molar-refractivity contribution in [2.45, 2.75) is 13.8 Å². The molecule has 12 heavy (non-hydrogen) atoms. The van der Waals surface area contributed by atoms with Crippen molar-refractivity contribution >= 4 is 5.78 Å². The maximum Gasteiger partial charge on any atom is 0.216 e. The molecule has 0 N–H and O–H groups in total. The van der Waals surface area contributed by atoms with Crippen LogP contribution in [0.2, 0.25) is 0 Å². The smallest absolute Gasteiger partial charge is 0.216 e. The number of carbonyl (C=O) groups is 1. The van der Waals surface area contributed by atoms with Gasteiger partial charge in [-0.1, -0.05) is 0 Å². The Morgan fingerprint density at radius 3 is 2.67 bits per heavy atom. The molecular formula is C8H10N2O2. The van der Waals surface area contributed by atoms with Crippen LogP contribution in [-0.2, 0) is 0 Å². The van der Waals surface area contributed by atoms with Crippen molar-refractivity contribution in [3.8, 4) is 5.88 Å². The first-order valence-corrected chi connectivity index (χ1v) is 3.54. The van der Waals surface area contributed by atoms with Crippen molar-refractivity contribution < 1.29 is 9.53 Å². The molecule has 0 amide bonds. The van der Waals surface area contributed by atoms with E-state index in [0.29, 0.717) is 5.88 Å². The fourth-order valence-electron chi connectivity index (χ4n) is 0.802. The minimum atomic E-state index is -0.156. The summed E-state index contributed by atoms with van der Waals surface area (Å²) in [5.41, 5.74) is 0.729. The van der Waals surface area contributed by atoms with Crippen LogP contribution in [0.25, 0.3) is 0 Å². The van der Waals surface area contributed by atoms with Crippen molar-refractivity contribution in [1.29, 1.82) is 0 Å². The zero-order valence-corrected chi connectivity index (χ0v) is 7.29. The molecule has 0 spiro atoms. The molecule has 0 aliphatic rings. The van der Waals surface area contributed by atoms with Crippen molar-refractivity contribution in [3.05, 3.63) is 17.6 Å². The topological polar surface area (TPSA) is 52.1 Å². The molecule has 4 heteroatoms. The lowest BCUT2D eigenvalue weighted by Gasteiger charge is -2.01. The lowest BCUT2D eigenvalue weighted by atomic mass is 10.3. The summed E-state index contributed by atoms with van der Waals surface area (Å²) in [4.78, 5) is 18.7. The summed E-state index contributed by atoms with van der Waals surface area (Å²) in [7, 11) is 1.51. The van der Waals surface area contributed by atoms with Gasteiger partial charge in [-0.05, 0) is 6.92 Å². The molecular weight excluding hydrogens is 156 g/mol. The molecule has 0 radical (unpaired) electrons. The third-order valence-electron chi connectivity index (χ3n) is 1.35. The first-order valence-electron chi connectivity index (χ1n) is 3.54. The third-order valence-corrected chi connectivity index (χ3v) is 1.35. The van der Waals surface area contributed by atoms with E-state index in [-0.39, 0.29) is 11.6 Å². The molecule has 64 valence electrons. The minimum Gasteiger partial charge on any atom is -0.481 e. The molecule has 1 aromatic rings. The Kier molecular flexibility index (Phi) is 2.38. The molecule has 0 atom stereocenters. The first-order chi connectivity index (χ1) is 5.63. The SMILES string of the molecule is COc1cc(C)nc(C(C)=O)n1. The number of ketones is 1. The molecule has 1 heterocycles. The van der Waals surface area contributed by atoms with Crippen molar-refractivity contribution in [1.82, 2.24) is 9.97 Å². The molecule has 4 nitrogen and oxygen atoms in total. The number of hydrogen-bond acceptors (Lipinski definition) is 4. The molecule has 0 saturated heterocycles. The van der Waals surface area contributed by atoms with Crippen LogP contribution in [-0.4, -0.2) is 22.9 Å². The second-order valence-corrected chi connectivity index (χ2v) is 2.43. The Labute approximate surface area is 70.6 Å². The average Bonchev–Trinajstić information content (AvgIpc) is 2.03. The third kappa shape index (κ3) is 1.78. The van der Waals surface area contributed by atoms with Gasteiger partial charge in [0.25, 0.3) is 0 Å². The molecule has 0 unspecified atom stereocenters. The number of nitrogens with zero attached hydrogens (tertiary/aromatic N) is 2. The van der Waals surface area contributed by atoms with E-state index in [9.17, 15) is 4.79 Å². The fraction of sp³-hybridized carbons (Fsp3) is 0.375. The monoisotopic (exact) mass is 166 g/mol. The molecule has 0 saturated carbocycles. The first kappa shape index (κ1) is 8.64. The van der Waals surface area contributed by atoms with Crippen LogP contribution in [0.15, 0.2) is 6.07 Å². The predicted octanol–water partition coefficient (Wildman–Crippen LogP) is 0.996. The number of hydrogen-bond donors (Lipinski definition) is 0. The standard InChI is InChI=1S/C8H10N2O2/c1-5-4-7(12-3)10-8(9-5)6(2)11/h4H,1-3H3. The highest BCUT2D eigenvalue weighted by molar-refractivity contribution is 5.90. The zero-order chi connectivity index (χ0) is 9.14. The number of aromatic nitrogens is 2. The Bertz CT molecular complexity index is 310. The van der Waals surface area contributed by atoms with E-state index in [1.165, 1.54) is 14.0 Å². The van der Waals surface area contributed by atoms with Crippen LogP contribution in [0, 0.1) is 6.92 Å². The summed E-state index contributed by atoms with van der Waals surface area (Å²) in [6.07, 6.45) is 0. The van der Waals surface area contributed by atoms with Gasteiger partial charge < -0.3 is 4.74 Å². The molecule has 0 aliphatic carbocycles. The predicted molar refractivity (Wildman–Crippen MR) is 43.3 cm³/mol. The number of methoxy groups -OCH3 is 1. The van der Waals surface area contributed by atoms with Gasteiger partial charge in [-0.3, -0.25) is 4.79 Å². The van der Waals surface area contributed by atoms with Crippen LogP contribution < -0.4 is 4.74 Å². The molecule has 1 aromatic heterocycles. The number of carbonyl (C=O) groups excluding carboxylic acids is 1. The van der Waals surface area contributed by atoms with Crippen molar-refractivity contribution in [2.75, 3.05) is 7.11 Å². The minimum absolute atomic E-state index is 0.156. The van der Waals surface area contributed by atoms with E-state index in [0.717, 1.165) is 5.69 Å².